The summed E-state index contributed by atoms with van der Waals surface area (Å²) in [7, 11) is -1.85. The average molecular weight is 436 g/mol. The number of aryl methyl sites for hydroxylation is 2. The Morgan fingerprint density at radius 1 is 1.19 bits per heavy atom. The van der Waals surface area contributed by atoms with Crippen LogP contribution in [0, 0.1) is 28.6 Å². The zero-order valence-electron chi connectivity index (χ0n) is 20.8. The van der Waals surface area contributed by atoms with Crippen molar-refractivity contribution < 1.29 is 4.43 Å². The fourth-order valence-electron chi connectivity index (χ4n) is 6.61. The van der Waals surface area contributed by atoms with E-state index in [1.807, 2.05) is 6.08 Å². The van der Waals surface area contributed by atoms with Crippen LogP contribution in [0.2, 0.25) is 18.1 Å². The van der Waals surface area contributed by atoms with E-state index in [-0.39, 0.29) is 10.5 Å². The summed E-state index contributed by atoms with van der Waals surface area (Å²) < 4.78 is 6.82. The highest BCUT2D eigenvalue weighted by Gasteiger charge is 2.52. The summed E-state index contributed by atoms with van der Waals surface area (Å²) in [6.07, 6.45) is 10.3. The Morgan fingerprint density at radius 2 is 1.94 bits per heavy atom. The minimum atomic E-state index is -1.85. The standard InChI is InChI=1S/C28H41NOSi/c1-8-19-17-24-20(18-26(19)30-31(6,7)27(2,3)4)9-11-23-22(24)13-15-28(5)21(14-16-29)10-12-25(23)28/h14,17-18,22-23,25H,8-13,15H2,1-7H3/b21-14+/t22-,23+,25-,28+/m0/s1. The van der Waals surface area contributed by atoms with E-state index >= 15 is 0 Å². The van der Waals surface area contributed by atoms with Gasteiger partial charge in [-0.1, -0.05) is 46.3 Å². The molecular weight excluding hydrogens is 394 g/mol. The molecule has 31 heavy (non-hydrogen) atoms. The second-order valence-electron chi connectivity index (χ2n) is 12.1. The van der Waals surface area contributed by atoms with Crippen LogP contribution in [0.4, 0.5) is 0 Å². The summed E-state index contributed by atoms with van der Waals surface area (Å²) in [5, 5.41) is 9.49. The lowest BCUT2D eigenvalue weighted by atomic mass is 9.55. The van der Waals surface area contributed by atoms with Crippen molar-refractivity contribution in [2.75, 3.05) is 0 Å². The van der Waals surface area contributed by atoms with Gasteiger partial charge in [-0.25, -0.2) is 0 Å². The van der Waals surface area contributed by atoms with Gasteiger partial charge in [0.1, 0.15) is 5.75 Å². The molecule has 3 aliphatic rings. The molecule has 0 aromatic heterocycles. The maximum Gasteiger partial charge on any atom is 0.250 e. The molecule has 4 rings (SSSR count). The van der Waals surface area contributed by atoms with Gasteiger partial charge in [-0.3, -0.25) is 0 Å². The molecule has 1 aromatic rings. The average Bonchev–Trinajstić information content (AvgIpc) is 3.03. The molecule has 2 nitrogen and oxygen atoms in total. The van der Waals surface area contributed by atoms with E-state index in [1.54, 1.807) is 11.1 Å². The Hall–Kier alpha value is -1.53. The highest BCUT2D eigenvalue weighted by molar-refractivity contribution is 6.74. The van der Waals surface area contributed by atoms with E-state index in [4.69, 9.17) is 4.43 Å². The number of benzene rings is 1. The van der Waals surface area contributed by atoms with Crippen molar-refractivity contribution in [1.82, 2.24) is 0 Å². The van der Waals surface area contributed by atoms with Crippen LogP contribution >= 0.6 is 0 Å². The molecule has 0 radical (unpaired) electrons. The lowest BCUT2D eigenvalue weighted by Gasteiger charge is -2.49. The maximum atomic E-state index is 9.27. The Balaban J connectivity index is 1.67. The van der Waals surface area contributed by atoms with Gasteiger partial charge < -0.3 is 4.43 Å². The molecule has 4 atom stereocenters. The van der Waals surface area contributed by atoms with Gasteiger partial charge in [0, 0.05) is 6.08 Å². The Kier molecular flexibility index (Phi) is 5.70. The number of rotatable bonds is 3. The van der Waals surface area contributed by atoms with Crippen LogP contribution < -0.4 is 4.43 Å². The number of allylic oxidation sites excluding steroid dienone is 2. The third-order valence-electron chi connectivity index (χ3n) is 9.54. The van der Waals surface area contributed by atoms with Crippen molar-refractivity contribution in [3.8, 4) is 11.8 Å². The van der Waals surface area contributed by atoms with Gasteiger partial charge in [0.25, 0.3) is 0 Å². The Labute approximate surface area is 191 Å². The monoisotopic (exact) mass is 435 g/mol. The van der Waals surface area contributed by atoms with E-state index in [0.29, 0.717) is 5.92 Å². The van der Waals surface area contributed by atoms with Crippen LogP contribution in [0.5, 0.6) is 5.75 Å². The molecule has 3 heteroatoms. The van der Waals surface area contributed by atoms with Crippen LogP contribution in [0.1, 0.15) is 89.3 Å². The first-order chi connectivity index (χ1) is 14.5. The summed E-state index contributed by atoms with van der Waals surface area (Å²) in [6.45, 7) is 16.4. The topological polar surface area (TPSA) is 33.0 Å². The Morgan fingerprint density at radius 3 is 2.58 bits per heavy atom. The van der Waals surface area contributed by atoms with E-state index in [9.17, 15) is 5.26 Å². The van der Waals surface area contributed by atoms with E-state index in [1.165, 1.54) is 43.2 Å². The number of hydrogen-bond acceptors (Lipinski definition) is 2. The molecule has 0 bridgehead atoms. The van der Waals surface area contributed by atoms with Gasteiger partial charge in [-0.15, -0.1) is 0 Å². The minimum absolute atomic E-state index is 0.212. The SMILES string of the molecule is CCc1cc2c(cc1O[Si](C)(C)C(C)(C)C)CC[C@@H]1[C@@H]2CC[C@]2(C)/C(=C/C#N)CC[C@@H]12. The first kappa shape index (κ1) is 22.7. The molecule has 2 saturated carbocycles. The normalized spacial score (nSPS) is 31.5. The molecule has 0 saturated heterocycles. The summed E-state index contributed by atoms with van der Waals surface area (Å²) >= 11 is 0. The van der Waals surface area contributed by atoms with Crippen molar-refractivity contribution in [3.63, 3.8) is 0 Å². The third kappa shape index (κ3) is 3.69. The van der Waals surface area contributed by atoms with Crippen LogP contribution in [0.25, 0.3) is 0 Å². The lowest BCUT2D eigenvalue weighted by Crippen LogP contribution is -2.44. The van der Waals surface area contributed by atoms with Crippen molar-refractivity contribution in [3.05, 3.63) is 40.5 Å². The fraction of sp³-hybridized carbons (Fsp3) is 0.679. The molecule has 0 spiro atoms. The number of nitriles is 1. The van der Waals surface area contributed by atoms with Crippen molar-refractivity contribution >= 4 is 8.32 Å². The van der Waals surface area contributed by atoms with Crippen molar-refractivity contribution in [1.29, 1.82) is 5.26 Å². The van der Waals surface area contributed by atoms with Crippen molar-refractivity contribution in [2.45, 2.75) is 104 Å². The quantitative estimate of drug-likeness (QED) is 0.356. The van der Waals surface area contributed by atoms with Gasteiger partial charge in [0.05, 0.1) is 6.07 Å². The van der Waals surface area contributed by atoms with Gasteiger partial charge in [0.2, 0.25) is 8.32 Å². The summed E-state index contributed by atoms with van der Waals surface area (Å²) in [4.78, 5) is 0. The molecule has 0 aliphatic heterocycles. The van der Waals surface area contributed by atoms with Gasteiger partial charge >= 0.3 is 0 Å². The predicted molar refractivity (Wildman–Crippen MR) is 132 cm³/mol. The van der Waals surface area contributed by atoms with Gasteiger partial charge in [-0.2, -0.15) is 5.26 Å². The minimum Gasteiger partial charge on any atom is -0.543 e. The van der Waals surface area contributed by atoms with Crippen LogP contribution in [0.15, 0.2) is 23.8 Å². The maximum absolute atomic E-state index is 9.27. The van der Waals surface area contributed by atoms with Crippen LogP contribution in [-0.4, -0.2) is 8.32 Å². The van der Waals surface area contributed by atoms with E-state index in [2.05, 4.69) is 65.9 Å². The third-order valence-corrected chi connectivity index (χ3v) is 13.9. The van der Waals surface area contributed by atoms with E-state index < -0.39 is 8.32 Å². The highest BCUT2D eigenvalue weighted by atomic mass is 28.4. The number of fused-ring (bicyclic) bond motifs is 5. The zero-order valence-corrected chi connectivity index (χ0v) is 21.8. The van der Waals surface area contributed by atoms with Crippen LogP contribution in [-0.2, 0) is 12.8 Å². The predicted octanol–water partition coefficient (Wildman–Crippen LogP) is 7.94. The molecule has 2 fully saturated rings. The largest absolute Gasteiger partial charge is 0.543 e. The van der Waals surface area contributed by atoms with Gasteiger partial charge in [0.15, 0.2) is 0 Å². The number of nitrogens with zero attached hydrogens (tertiary/aromatic N) is 1. The second kappa shape index (κ2) is 7.80. The first-order valence-corrected chi connectivity index (χ1v) is 15.4. The molecule has 0 N–H and O–H groups in total. The summed E-state index contributed by atoms with van der Waals surface area (Å²) in [6, 6.07) is 7.28. The molecule has 0 unspecified atom stereocenters. The smallest absolute Gasteiger partial charge is 0.250 e. The fourth-order valence-corrected chi connectivity index (χ4v) is 7.65. The molecule has 3 aliphatic carbocycles. The second-order valence-corrected chi connectivity index (χ2v) is 16.8. The molecule has 168 valence electrons. The molecule has 1 aromatic carbocycles. The Bertz CT molecular complexity index is 932. The molecule has 0 heterocycles. The molecule has 0 amide bonds. The zero-order chi connectivity index (χ0) is 22.6. The lowest BCUT2D eigenvalue weighted by molar-refractivity contribution is 0.0814. The van der Waals surface area contributed by atoms with Crippen LogP contribution in [0.3, 0.4) is 0 Å². The first-order valence-electron chi connectivity index (χ1n) is 12.5. The molecular formula is C28H41NOSi. The van der Waals surface area contributed by atoms with Gasteiger partial charge in [-0.05, 0) is 109 Å². The summed E-state index contributed by atoms with van der Waals surface area (Å²) in [5.41, 5.74) is 6.25. The van der Waals surface area contributed by atoms with E-state index in [0.717, 1.165) is 30.4 Å². The summed E-state index contributed by atoms with van der Waals surface area (Å²) in [5.74, 6) is 3.36. The number of hydrogen-bond donors (Lipinski definition) is 0. The highest BCUT2D eigenvalue weighted by Crippen LogP contribution is 2.63. The van der Waals surface area contributed by atoms with Crippen molar-refractivity contribution in [2.24, 2.45) is 17.3 Å².